The fraction of sp³-hybridized carbons (Fsp3) is 0.464. The maximum atomic E-state index is 14.1. The minimum Gasteiger partial charge on any atom is -0.494 e. The summed E-state index contributed by atoms with van der Waals surface area (Å²) in [5.74, 6) is -0.496. The lowest BCUT2D eigenvalue weighted by atomic mass is 10.1. The first-order valence-corrected chi connectivity index (χ1v) is 12.8. The number of fused-ring (bicyclic) bond motifs is 1. The Balaban J connectivity index is 1.80. The number of nitrogens with zero attached hydrogens (tertiary/aromatic N) is 4. The first-order chi connectivity index (χ1) is 17.7. The van der Waals surface area contributed by atoms with E-state index in [-0.39, 0.29) is 35.6 Å². The van der Waals surface area contributed by atoms with Gasteiger partial charge in [0.05, 0.1) is 18.0 Å². The third-order valence-corrected chi connectivity index (χ3v) is 6.72. The fourth-order valence-electron chi connectivity index (χ4n) is 4.79. The van der Waals surface area contributed by atoms with Crippen molar-refractivity contribution in [3.05, 3.63) is 52.6 Å². The summed E-state index contributed by atoms with van der Waals surface area (Å²) in [5, 5.41) is 3.28. The molecule has 0 radical (unpaired) electrons. The van der Waals surface area contributed by atoms with Gasteiger partial charge in [0.1, 0.15) is 12.4 Å². The predicted octanol–water partition coefficient (Wildman–Crippen LogP) is 3.66. The van der Waals surface area contributed by atoms with Crippen LogP contribution in [-0.2, 0) is 11.3 Å². The number of halogens is 1. The molecule has 2 aromatic carbocycles. The Morgan fingerprint density at radius 3 is 2.57 bits per heavy atom. The zero-order valence-corrected chi connectivity index (χ0v) is 22.3. The third kappa shape index (κ3) is 5.93. The number of hydrogen-bond acceptors (Lipinski definition) is 6. The van der Waals surface area contributed by atoms with E-state index in [0.717, 1.165) is 38.3 Å². The lowest BCUT2D eigenvalue weighted by Gasteiger charge is -2.26. The van der Waals surface area contributed by atoms with Crippen LogP contribution in [0.1, 0.15) is 34.1 Å². The van der Waals surface area contributed by atoms with E-state index in [4.69, 9.17) is 9.72 Å². The van der Waals surface area contributed by atoms with Crippen molar-refractivity contribution in [1.29, 1.82) is 0 Å². The Morgan fingerprint density at radius 1 is 1.08 bits per heavy atom. The third-order valence-electron chi connectivity index (χ3n) is 6.72. The average Bonchev–Trinajstić information content (AvgIpc) is 3.12. The highest BCUT2D eigenvalue weighted by molar-refractivity contribution is 5.84. The van der Waals surface area contributed by atoms with E-state index in [9.17, 15) is 14.0 Å². The molecule has 1 fully saturated rings. The van der Waals surface area contributed by atoms with E-state index < -0.39 is 5.82 Å². The van der Waals surface area contributed by atoms with Gasteiger partial charge in [-0.1, -0.05) is 0 Å². The number of methoxy groups -OCH3 is 1. The van der Waals surface area contributed by atoms with Gasteiger partial charge in [0.15, 0.2) is 11.6 Å². The summed E-state index contributed by atoms with van der Waals surface area (Å²) in [6.45, 7) is 11.7. The van der Waals surface area contributed by atoms with Crippen molar-refractivity contribution >= 4 is 22.5 Å². The Labute approximate surface area is 217 Å². The molecule has 1 aliphatic rings. The summed E-state index contributed by atoms with van der Waals surface area (Å²) in [6, 6.07) is 10.4. The number of benzene rings is 2. The van der Waals surface area contributed by atoms with Gasteiger partial charge in [-0.05, 0) is 70.5 Å². The molecular weight excluding hydrogens is 473 g/mol. The van der Waals surface area contributed by atoms with Crippen LogP contribution < -0.4 is 20.5 Å². The first kappa shape index (κ1) is 26.6. The smallest absolute Gasteiger partial charge is 0.262 e. The molecule has 9 heteroatoms. The van der Waals surface area contributed by atoms with Crippen LogP contribution in [0.25, 0.3) is 22.3 Å². The van der Waals surface area contributed by atoms with E-state index in [0.29, 0.717) is 22.5 Å². The quantitative estimate of drug-likeness (QED) is 0.524. The molecule has 2 heterocycles. The molecule has 1 aromatic heterocycles. The number of anilines is 1. The highest BCUT2D eigenvalue weighted by atomic mass is 19.1. The van der Waals surface area contributed by atoms with Crippen molar-refractivity contribution in [2.75, 3.05) is 38.2 Å². The second-order valence-corrected chi connectivity index (χ2v) is 10.1. The van der Waals surface area contributed by atoms with Crippen LogP contribution in [0.5, 0.6) is 5.75 Å². The van der Waals surface area contributed by atoms with Crippen molar-refractivity contribution in [1.82, 2.24) is 19.8 Å². The van der Waals surface area contributed by atoms with Gasteiger partial charge in [0.25, 0.3) is 5.56 Å². The van der Waals surface area contributed by atoms with Crippen molar-refractivity contribution in [2.45, 2.75) is 52.7 Å². The number of aromatic nitrogens is 2. The van der Waals surface area contributed by atoms with Crippen LogP contribution in [0.3, 0.4) is 0 Å². The number of rotatable bonds is 7. The highest BCUT2D eigenvalue weighted by Crippen LogP contribution is 2.27. The molecule has 37 heavy (non-hydrogen) atoms. The minimum absolute atomic E-state index is 0.0389. The molecule has 1 saturated heterocycles. The van der Waals surface area contributed by atoms with Crippen LogP contribution in [0.2, 0.25) is 0 Å². The van der Waals surface area contributed by atoms with Crippen molar-refractivity contribution in [2.24, 2.45) is 0 Å². The van der Waals surface area contributed by atoms with Gasteiger partial charge in [0.2, 0.25) is 5.91 Å². The molecule has 0 unspecified atom stereocenters. The summed E-state index contributed by atoms with van der Waals surface area (Å²) in [4.78, 5) is 36.1. The van der Waals surface area contributed by atoms with Crippen LogP contribution in [0.4, 0.5) is 10.1 Å². The molecule has 1 N–H and O–H groups in total. The maximum Gasteiger partial charge on any atom is 0.262 e. The zero-order valence-electron chi connectivity index (χ0n) is 22.3. The van der Waals surface area contributed by atoms with Crippen LogP contribution in [-0.4, -0.2) is 65.7 Å². The van der Waals surface area contributed by atoms with Gasteiger partial charge in [-0.25, -0.2) is 9.37 Å². The SMILES string of the molecule is COc1cc(-c2nc3ccc(N4CCCN(C(C)C)CC4)cc3c(=O)n2CC(=O)NC(C)C)ccc1F. The minimum atomic E-state index is -0.517. The van der Waals surface area contributed by atoms with Gasteiger partial charge in [-0.3, -0.25) is 19.1 Å². The summed E-state index contributed by atoms with van der Waals surface area (Å²) in [6.07, 6.45) is 1.04. The number of carbonyl (C=O) groups excluding carboxylic acids is 1. The monoisotopic (exact) mass is 509 g/mol. The highest BCUT2D eigenvalue weighted by Gasteiger charge is 2.20. The molecule has 0 atom stereocenters. The van der Waals surface area contributed by atoms with Gasteiger partial charge in [-0.15, -0.1) is 0 Å². The Bertz CT molecular complexity index is 1340. The topological polar surface area (TPSA) is 79.7 Å². The van der Waals surface area contributed by atoms with E-state index in [2.05, 4.69) is 29.0 Å². The van der Waals surface area contributed by atoms with E-state index >= 15 is 0 Å². The van der Waals surface area contributed by atoms with E-state index in [1.807, 2.05) is 32.0 Å². The van der Waals surface area contributed by atoms with Gasteiger partial charge in [0, 0.05) is 49.5 Å². The molecule has 3 aromatic rings. The number of carbonyl (C=O) groups is 1. The van der Waals surface area contributed by atoms with Crippen LogP contribution >= 0.6 is 0 Å². The number of nitrogens with one attached hydrogen (secondary N) is 1. The first-order valence-electron chi connectivity index (χ1n) is 12.8. The number of ether oxygens (including phenoxy) is 1. The van der Waals surface area contributed by atoms with Crippen molar-refractivity contribution in [3.63, 3.8) is 0 Å². The molecule has 0 saturated carbocycles. The maximum absolute atomic E-state index is 14.1. The molecule has 0 bridgehead atoms. The summed E-state index contributed by atoms with van der Waals surface area (Å²) in [7, 11) is 1.38. The van der Waals surface area contributed by atoms with E-state index in [1.54, 1.807) is 0 Å². The van der Waals surface area contributed by atoms with Gasteiger partial charge >= 0.3 is 0 Å². The predicted molar refractivity (Wildman–Crippen MR) is 145 cm³/mol. The standard InChI is InChI=1S/C28H36FN5O3/c1-18(2)30-26(35)17-34-27(20-7-9-23(29)25(15-20)37-5)31-24-10-8-21(16-22(24)28(34)36)33-12-6-11-32(13-14-33)19(3)4/h7-10,15-16,18-19H,6,11-14,17H2,1-5H3,(H,30,35). The Morgan fingerprint density at radius 2 is 1.86 bits per heavy atom. The second kappa shape index (κ2) is 11.3. The normalized spacial score (nSPS) is 14.9. The average molecular weight is 510 g/mol. The van der Waals surface area contributed by atoms with Gasteiger partial charge in [-0.2, -0.15) is 0 Å². The van der Waals surface area contributed by atoms with E-state index in [1.165, 1.54) is 29.9 Å². The fourth-order valence-corrected chi connectivity index (χ4v) is 4.79. The lowest BCUT2D eigenvalue weighted by Crippen LogP contribution is -2.37. The largest absolute Gasteiger partial charge is 0.494 e. The molecule has 4 rings (SSSR count). The lowest BCUT2D eigenvalue weighted by molar-refractivity contribution is -0.122. The molecule has 8 nitrogen and oxygen atoms in total. The number of hydrogen-bond donors (Lipinski definition) is 1. The second-order valence-electron chi connectivity index (χ2n) is 10.1. The molecule has 0 spiro atoms. The Hall–Kier alpha value is -3.46. The number of amides is 1. The molecule has 0 aliphatic carbocycles. The zero-order chi connectivity index (χ0) is 26.7. The molecular formula is C28H36FN5O3. The van der Waals surface area contributed by atoms with Gasteiger partial charge < -0.3 is 15.0 Å². The summed E-state index contributed by atoms with van der Waals surface area (Å²) < 4.78 is 20.6. The van der Waals surface area contributed by atoms with Crippen LogP contribution in [0.15, 0.2) is 41.2 Å². The molecule has 1 amide bonds. The Kier molecular flexibility index (Phi) is 8.12. The van der Waals surface area contributed by atoms with Crippen LogP contribution in [0, 0.1) is 5.82 Å². The summed E-state index contributed by atoms with van der Waals surface area (Å²) >= 11 is 0. The molecule has 198 valence electrons. The van der Waals surface area contributed by atoms with Crippen molar-refractivity contribution < 1.29 is 13.9 Å². The summed E-state index contributed by atoms with van der Waals surface area (Å²) in [5.41, 5.74) is 1.65. The van der Waals surface area contributed by atoms with Crippen molar-refractivity contribution in [3.8, 4) is 17.1 Å². The molecule has 1 aliphatic heterocycles.